The third-order valence-corrected chi connectivity index (χ3v) is 5.70. The van der Waals surface area contributed by atoms with E-state index in [0.717, 1.165) is 16.9 Å². The van der Waals surface area contributed by atoms with Crippen molar-refractivity contribution in [2.45, 2.75) is 56.5 Å². The van der Waals surface area contributed by atoms with Crippen LogP contribution in [0.3, 0.4) is 0 Å². The van der Waals surface area contributed by atoms with Crippen molar-refractivity contribution in [3.8, 4) is 0 Å². The van der Waals surface area contributed by atoms with Crippen molar-refractivity contribution in [2.24, 2.45) is 5.92 Å². The minimum atomic E-state index is -0.199. The Balaban J connectivity index is 1.82. The summed E-state index contributed by atoms with van der Waals surface area (Å²) in [5.41, 5.74) is -0.0908. The molecule has 0 bridgehead atoms. The molecule has 0 aromatic heterocycles. The van der Waals surface area contributed by atoms with Gasteiger partial charge in [-0.2, -0.15) is 0 Å². The Hall–Kier alpha value is -0.100. The Morgan fingerprint density at radius 1 is 1.38 bits per heavy atom. The van der Waals surface area contributed by atoms with E-state index in [9.17, 15) is 4.39 Å². The lowest BCUT2D eigenvalue weighted by molar-refractivity contribution is 0.361. The molecule has 2 N–H and O–H groups in total. The summed E-state index contributed by atoms with van der Waals surface area (Å²) < 4.78 is 17.9. The molecule has 0 spiro atoms. The van der Waals surface area contributed by atoms with Crippen LogP contribution in [0.5, 0.6) is 0 Å². The Morgan fingerprint density at radius 3 is 2.76 bits per heavy atom. The molecule has 2 unspecified atom stereocenters. The minimum absolute atomic E-state index is 0.0908. The van der Waals surface area contributed by atoms with Crippen LogP contribution in [0.25, 0.3) is 0 Å². The number of nitrogens with one attached hydrogen (secondary N) is 2. The van der Waals surface area contributed by atoms with Crippen LogP contribution in [-0.2, 0) is 0 Å². The van der Waals surface area contributed by atoms with Gasteiger partial charge in [0.2, 0.25) is 0 Å². The lowest BCUT2D eigenvalue weighted by Gasteiger charge is -2.29. The molecule has 1 aromatic rings. The van der Waals surface area contributed by atoms with Crippen molar-refractivity contribution in [1.82, 2.24) is 10.0 Å². The molecular weight excluding hydrogens is 351 g/mol. The fourth-order valence-electron chi connectivity index (χ4n) is 2.62. The predicted octanol–water partition coefficient (Wildman–Crippen LogP) is 4.74. The SMILES string of the molecule is CC1CCCC1NCC(C)(C)NSc1ccc(Br)cc1F. The molecular formula is C16H24BrFN2S. The summed E-state index contributed by atoms with van der Waals surface area (Å²) in [5.74, 6) is 0.562. The maximum atomic E-state index is 13.8. The van der Waals surface area contributed by atoms with E-state index < -0.39 is 0 Å². The van der Waals surface area contributed by atoms with Crippen molar-refractivity contribution in [2.75, 3.05) is 6.54 Å². The molecule has 0 amide bonds. The van der Waals surface area contributed by atoms with Gasteiger partial charge in [-0.25, -0.2) is 4.39 Å². The summed E-state index contributed by atoms with van der Waals surface area (Å²) >= 11 is 4.64. The highest BCUT2D eigenvalue weighted by Crippen LogP contribution is 2.26. The molecule has 2 rings (SSSR count). The molecule has 1 fully saturated rings. The molecule has 2 atom stereocenters. The minimum Gasteiger partial charge on any atom is -0.312 e. The summed E-state index contributed by atoms with van der Waals surface area (Å²) in [7, 11) is 0. The highest BCUT2D eigenvalue weighted by Gasteiger charge is 2.26. The normalized spacial score (nSPS) is 22.7. The zero-order valence-electron chi connectivity index (χ0n) is 12.9. The number of hydrogen-bond acceptors (Lipinski definition) is 3. The number of rotatable bonds is 6. The Kier molecular flexibility index (Phi) is 6.12. The van der Waals surface area contributed by atoms with E-state index >= 15 is 0 Å². The standard InChI is InChI=1S/C16H24BrFN2S/c1-11-5-4-6-14(11)19-10-16(2,3)20-21-15-8-7-12(17)9-13(15)18/h7-9,11,14,19-20H,4-6,10H2,1-3H3. The van der Waals surface area contributed by atoms with Crippen molar-refractivity contribution >= 4 is 27.9 Å². The largest absolute Gasteiger partial charge is 0.312 e. The van der Waals surface area contributed by atoms with E-state index in [4.69, 9.17) is 0 Å². The smallest absolute Gasteiger partial charge is 0.139 e. The average molecular weight is 375 g/mol. The molecule has 0 radical (unpaired) electrons. The van der Waals surface area contributed by atoms with Crippen molar-refractivity contribution in [1.29, 1.82) is 0 Å². The monoisotopic (exact) mass is 374 g/mol. The van der Waals surface area contributed by atoms with Crippen LogP contribution in [0.1, 0.15) is 40.0 Å². The van der Waals surface area contributed by atoms with E-state index in [1.807, 2.05) is 6.07 Å². The molecule has 0 saturated heterocycles. The average Bonchev–Trinajstić information content (AvgIpc) is 2.81. The summed E-state index contributed by atoms with van der Waals surface area (Å²) in [4.78, 5) is 0.625. The number of hydrogen-bond donors (Lipinski definition) is 2. The zero-order valence-corrected chi connectivity index (χ0v) is 15.3. The van der Waals surface area contributed by atoms with Crippen molar-refractivity contribution < 1.29 is 4.39 Å². The Bertz CT molecular complexity index is 481. The molecule has 1 saturated carbocycles. The van der Waals surface area contributed by atoms with E-state index in [1.165, 1.54) is 37.3 Å². The van der Waals surface area contributed by atoms with Crippen LogP contribution >= 0.6 is 27.9 Å². The third-order valence-electron chi connectivity index (χ3n) is 4.00. The molecule has 0 aliphatic heterocycles. The lowest BCUT2D eigenvalue weighted by Crippen LogP contribution is -2.48. The fraction of sp³-hybridized carbons (Fsp3) is 0.625. The van der Waals surface area contributed by atoms with Gasteiger partial charge in [-0.1, -0.05) is 29.3 Å². The second-order valence-corrected chi connectivity index (χ2v) is 8.32. The number of benzene rings is 1. The maximum Gasteiger partial charge on any atom is 0.139 e. The van der Waals surface area contributed by atoms with Gasteiger partial charge in [0.05, 0.1) is 4.90 Å². The molecule has 1 aromatic carbocycles. The van der Waals surface area contributed by atoms with Gasteiger partial charge >= 0.3 is 0 Å². The summed E-state index contributed by atoms with van der Waals surface area (Å²) in [6.45, 7) is 7.48. The van der Waals surface area contributed by atoms with E-state index in [-0.39, 0.29) is 11.4 Å². The third kappa shape index (κ3) is 5.23. The Morgan fingerprint density at radius 2 is 2.14 bits per heavy atom. The van der Waals surface area contributed by atoms with E-state index in [0.29, 0.717) is 10.9 Å². The predicted molar refractivity (Wildman–Crippen MR) is 92.0 cm³/mol. The maximum absolute atomic E-state index is 13.8. The second kappa shape index (κ2) is 7.44. The second-order valence-electron chi connectivity index (χ2n) is 6.56. The Labute approximate surface area is 139 Å². The van der Waals surface area contributed by atoms with Crippen LogP contribution < -0.4 is 10.0 Å². The molecule has 5 heteroatoms. The topological polar surface area (TPSA) is 24.1 Å². The van der Waals surface area contributed by atoms with Crippen LogP contribution in [0.4, 0.5) is 4.39 Å². The van der Waals surface area contributed by atoms with Gasteiger partial charge in [0.15, 0.2) is 0 Å². The molecule has 1 aliphatic rings. The first kappa shape index (κ1) is 17.3. The van der Waals surface area contributed by atoms with Gasteiger partial charge in [0.1, 0.15) is 5.82 Å². The van der Waals surface area contributed by atoms with Crippen LogP contribution in [0, 0.1) is 11.7 Å². The van der Waals surface area contributed by atoms with Gasteiger partial charge in [-0.15, -0.1) is 0 Å². The molecule has 1 aliphatic carbocycles. The van der Waals surface area contributed by atoms with Gasteiger partial charge in [-0.05, 0) is 62.8 Å². The zero-order chi connectivity index (χ0) is 15.5. The lowest BCUT2D eigenvalue weighted by atomic mass is 10.0. The molecule has 0 heterocycles. The first-order chi connectivity index (χ1) is 9.87. The van der Waals surface area contributed by atoms with Gasteiger partial charge in [0, 0.05) is 22.6 Å². The summed E-state index contributed by atoms with van der Waals surface area (Å²) in [5, 5.41) is 3.65. The van der Waals surface area contributed by atoms with Crippen LogP contribution in [0.15, 0.2) is 27.6 Å². The summed E-state index contributed by atoms with van der Waals surface area (Å²) in [6.07, 6.45) is 3.92. The van der Waals surface area contributed by atoms with Crippen molar-refractivity contribution in [3.63, 3.8) is 0 Å². The van der Waals surface area contributed by atoms with Crippen molar-refractivity contribution in [3.05, 3.63) is 28.5 Å². The summed E-state index contributed by atoms with van der Waals surface area (Å²) in [6, 6.07) is 5.77. The fourth-order valence-corrected chi connectivity index (χ4v) is 3.71. The highest BCUT2D eigenvalue weighted by atomic mass is 79.9. The van der Waals surface area contributed by atoms with E-state index in [1.54, 1.807) is 6.07 Å². The number of halogens is 2. The van der Waals surface area contributed by atoms with Crippen LogP contribution in [0.2, 0.25) is 0 Å². The van der Waals surface area contributed by atoms with Gasteiger partial charge < -0.3 is 5.32 Å². The first-order valence-corrected chi connectivity index (χ1v) is 9.11. The highest BCUT2D eigenvalue weighted by molar-refractivity contribution is 9.10. The first-order valence-electron chi connectivity index (χ1n) is 7.50. The van der Waals surface area contributed by atoms with Gasteiger partial charge in [0.25, 0.3) is 0 Å². The van der Waals surface area contributed by atoms with Crippen LogP contribution in [-0.4, -0.2) is 18.1 Å². The van der Waals surface area contributed by atoms with E-state index in [2.05, 4.69) is 46.7 Å². The molecule has 21 heavy (non-hydrogen) atoms. The molecule has 118 valence electrons. The molecule has 2 nitrogen and oxygen atoms in total. The van der Waals surface area contributed by atoms with Gasteiger partial charge in [-0.3, -0.25) is 4.72 Å². The quantitative estimate of drug-likeness (QED) is 0.703.